The molecule has 8 unspecified atom stereocenters. The summed E-state index contributed by atoms with van der Waals surface area (Å²) in [4.78, 5) is 26.6. The molecule has 0 aromatic heterocycles. The summed E-state index contributed by atoms with van der Waals surface area (Å²) in [6, 6.07) is -1.02. The van der Waals surface area contributed by atoms with Crippen LogP contribution in [-0.2, 0) is 23.8 Å². The van der Waals surface area contributed by atoms with E-state index in [2.05, 4.69) is 50.4 Å². The van der Waals surface area contributed by atoms with Gasteiger partial charge in [0.1, 0.15) is 24.4 Å². The van der Waals surface area contributed by atoms with Crippen molar-refractivity contribution >= 4 is 11.9 Å². The van der Waals surface area contributed by atoms with Gasteiger partial charge in [-0.1, -0.05) is 308 Å². The predicted molar refractivity (Wildman–Crippen MR) is 338 cm³/mol. The molecule has 1 fully saturated rings. The number of ether oxygens (including phenoxy) is 3. The highest BCUT2D eigenvalue weighted by atomic mass is 16.7. The predicted octanol–water partition coefficient (Wildman–Crippen LogP) is 17.4. The number of allylic oxidation sites excluding steroid dienone is 5. The molecule has 476 valence electrons. The Morgan fingerprint density at radius 1 is 0.481 bits per heavy atom. The molecule has 8 atom stereocenters. The number of aliphatic hydroxyl groups is 5. The summed E-state index contributed by atoms with van der Waals surface area (Å²) in [7, 11) is 0. The van der Waals surface area contributed by atoms with Crippen molar-refractivity contribution in [2.75, 3.05) is 13.2 Å². The van der Waals surface area contributed by atoms with Crippen LogP contribution < -0.4 is 5.32 Å². The molecule has 1 heterocycles. The first kappa shape index (κ1) is 76.9. The Bertz CT molecular complexity index is 1460. The molecule has 0 aliphatic carbocycles. The summed E-state index contributed by atoms with van der Waals surface area (Å²) < 4.78 is 17.7. The second-order valence-electron chi connectivity index (χ2n) is 24.3. The van der Waals surface area contributed by atoms with Gasteiger partial charge in [0.05, 0.1) is 25.4 Å². The van der Waals surface area contributed by atoms with Crippen LogP contribution in [0.4, 0.5) is 0 Å². The molecule has 11 heteroatoms. The minimum absolute atomic E-state index is 0.129. The largest absolute Gasteiger partial charge is 0.454 e. The number of nitrogens with one attached hydrogen (secondary N) is 1. The van der Waals surface area contributed by atoms with Gasteiger partial charge in [-0.15, -0.1) is 0 Å². The average molecular weight is 1150 g/mol. The summed E-state index contributed by atoms with van der Waals surface area (Å²) in [6.07, 6.45) is 60.4. The maximum absolute atomic E-state index is 13.5. The highest BCUT2D eigenvalue weighted by Gasteiger charge is 2.47. The monoisotopic (exact) mass is 1150 g/mol. The molecule has 81 heavy (non-hydrogen) atoms. The van der Waals surface area contributed by atoms with E-state index in [4.69, 9.17) is 14.2 Å². The third-order valence-corrected chi connectivity index (χ3v) is 16.5. The SMILES string of the molecule is CCCCC/C=C\C/C=C\CCCCCCCCCCCCCCC(O)C(=O)NC(COC1OC(CO)C(O)C(O)C1OC(=O)CCCCCCCCCCCCCCCCCCCCC)C(O)/C=C/CCCCCCCCCCC. The zero-order valence-corrected chi connectivity index (χ0v) is 52.9. The van der Waals surface area contributed by atoms with Crippen LogP contribution in [0.5, 0.6) is 0 Å². The normalized spacial score (nSPS) is 18.8. The smallest absolute Gasteiger partial charge is 0.306 e. The number of esters is 1. The third kappa shape index (κ3) is 45.9. The minimum atomic E-state index is -1.61. The zero-order valence-electron chi connectivity index (χ0n) is 52.9. The molecule has 1 aliphatic rings. The molecule has 0 spiro atoms. The van der Waals surface area contributed by atoms with E-state index >= 15 is 0 Å². The van der Waals surface area contributed by atoms with Gasteiger partial charge in [-0.25, -0.2) is 0 Å². The number of carbonyl (C=O) groups excluding carboxylic acids is 2. The summed E-state index contributed by atoms with van der Waals surface area (Å²) >= 11 is 0. The van der Waals surface area contributed by atoms with Crippen LogP contribution in [0.3, 0.4) is 0 Å². The lowest BCUT2D eigenvalue weighted by Gasteiger charge is -2.41. The fourth-order valence-electron chi connectivity index (χ4n) is 11.0. The lowest BCUT2D eigenvalue weighted by atomic mass is 9.99. The van der Waals surface area contributed by atoms with Crippen molar-refractivity contribution in [3.8, 4) is 0 Å². The van der Waals surface area contributed by atoms with Crippen LogP contribution in [0.2, 0.25) is 0 Å². The number of aliphatic hydroxyl groups excluding tert-OH is 5. The van der Waals surface area contributed by atoms with E-state index < -0.39 is 67.4 Å². The van der Waals surface area contributed by atoms with Gasteiger partial charge in [0.2, 0.25) is 5.91 Å². The number of hydrogen-bond acceptors (Lipinski definition) is 10. The summed E-state index contributed by atoms with van der Waals surface area (Å²) in [6.45, 7) is 5.81. The van der Waals surface area contributed by atoms with Crippen LogP contribution in [0.15, 0.2) is 36.5 Å². The Labute approximate surface area is 498 Å². The first-order valence-electron chi connectivity index (χ1n) is 34.8. The van der Waals surface area contributed by atoms with Crippen molar-refractivity contribution in [3.63, 3.8) is 0 Å². The maximum atomic E-state index is 13.5. The van der Waals surface area contributed by atoms with Crippen molar-refractivity contribution in [1.82, 2.24) is 5.32 Å². The fraction of sp³-hybridized carbons (Fsp3) is 0.886. The summed E-state index contributed by atoms with van der Waals surface area (Å²) in [5.41, 5.74) is 0. The molecule has 0 bridgehead atoms. The minimum Gasteiger partial charge on any atom is -0.454 e. The Morgan fingerprint density at radius 3 is 1.28 bits per heavy atom. The number of amides is 1. The quantitative estimate of drug-likeness (QED) is 0.0195. The molecule has 11 nitrogen and oxygen atoms in total. The Morgan fingerprint density at radius 2 is 0.852 bits per heavy atom. The van der Waals surface area contributed by atoms with Crippen LogP contribution in [0.1, 0.15) is 335 Å². The second kappa shape index (κ2) is 58.3. The van der Waals surface area contributed by atoms with Gasteiger partial charge in [-0.05, 0) is 57.8 Å². The van der Waals surface area contributed by atoms with Gasteiger partial charge in [-0.3, -0.25) is 9.59 Å². The molecule has 1 amide bonds. The van der Waals surface area contributed by atoms with Crippen LogP contribution in [0.25, 0.3) is 0 Å². The molecule has 1 aliphatic heterocycles. The van der Waals surface area contributed by atoms with E-state index in [9.17, 15) is 35.1 Å². The van der Waals surface area contributed by atoms with Gasteiger partial charge < -0.3 is 45.1 Å². The first-order chi connectivity index (χ1) is 39.7. The molecule has 0 radical (unpaired) electrons. The second-order valence-corrected chi connectivity index (χ2v) is 24.3. The van der Waals surface area contributed by atoms with Crippen molar-refractivity contribution in [3.05, 3.63) is 36.5 Å². The van der Waals surface area contributed by atoms with E-state index in [1.165, 1.54) is 225 Å². The van der Waals surface area contributed by atoms with E-state index in [-0.39, 0.29) is 13.0 Å². The molecule has 1 rings (SSSR count). The molecular weight excluding hydrogens is 1010 g/mol. The Kier molecular flexibility index (Phi) is 55.3. The molecular formula is C70H131NO10. The van der Waals surface area contributed by atoms with E-state index in [0.717, 1.165) is 64.2 Å². The van der Waals surface area contributed by atoms with Crippen LogP contribution >= 0.6 is 0 Å². The van der Waals surface area contributed by atoms with Crippen molar-refractivity contribution in [2.24, 2.45) is 0 Å². The maximum Gasteiger partial charge on any atom is 0.306 e. The number of carbonyl (C=O) groups is 2. The van der Waals surface area contributed by atoms with Crippen molar-refractivity contribution in [1.29, 1.82) is 0 Å². The highest BCUT2D eigenvalue weighted by Crippen LogP contribution is 2.26. The van der Waals surface area contributed by atoms with E-state index in [1.807, 2.05) is 6.08 Å². The van der Waals surface area contributed by atoms with E-state index in [1.54, 1.807) is 6.08 Å². The zero-order chi connectivity index (χ0) is 58.9. The fourth-order valence-corrected chi connectivity index (χ4v) is 11.0. The van der Waals surface area contributed by atoms with E-state index in [0.29, 0.717) is 19.3 Å². The summed E-state index contributed by atoms with van der Waals surface area (Å²) in [5.74, 6) is -1.18. The van der Waals surface area contributed by atoms with Crippen LogP contribution in [0, 0.1) is 0 Å². The molecule has 0 aromatic carbocycles. The van der Waals surface area contributed by atoms with Crippen LogP contribution in [-0.4, -0.2) is 99.6 Å². The number of unbranched alkanes of at least 4 members (excludes halogenated alkanes) is 42. The topological polar surface area (TPSA) is 175 Å². The van der Waals surface area contributed by atoms with Crippen molar-refractivity contribution in [2.45, 2.75) is 384 Å². The first-order valence-corrected chi connectivity index (χ1v) is 34.8. The van der Waals surface area contributed by atoms with Crippen molar-refractivity contribution < 1.29 is 49.3 Å². The average Bonchev–Trinajstić information content (AvgIpc) is 3.52. The number of hydrogen-bond donors (Lipinski definition) is 6. The Hall–Kier alpha value is -2.12. The third-order valence-electron chi connectivity index (χ3n) is 16.5. The molecule has 0 saturated carbocycles. The molecule has 1 saturated heterocycles. The van der Waals surface area contributed by atoms with Gasteiger partial charge in [0.25, 0.3) is 0 Å². The standard InChI is InChI=1S/C70H131NO10/c1-4-7-10-13-16-19-22-24-26-28-30-31-32-34-35-37-39-42-45-48-51-54-57-63(74)69(78)71-61(62(73)56-53-50-47-44-41-21-18-15-12-9-6-3)60-79-70-68(67(77)66(76)64(59-72)80-70)81-65(75)58-55-52-49-46-43-40-38-36-33-29-27-25-23-20-17-14-11-8-5-2/h16,19,24,26,53,56,61-64,66-68,70,72-74,76-77H,4-15,17-18,20-23,25,27-52,54-55,57-60H2,1-3H3,(H,71,78)/b19-16-,26-24-,56-53+. The van der Waals surface area contributed by atoms with Gasteiger partial charge in [-0.2, -0.15) is 0 Å². The summed E-state index contributed by atoms with van der Waals surface area (Å²) in [5, 5.41) is 57.2. The number of rotatable bonds is 60. The lowest BCUT2D eigenvalue weighted by molar-refractivity contribution is -0.305. The lowest BCUT2D eigenvalue weighted by Crippen LogP contribution is -2.61. The Balaban J connectivity index is 2.57. The van der Waals surface area contributed by atoms with Gasteiger partial charge >= 0.3 is 5.97 Å². The van der Waals surface area contributed by atoms with Gasteiger partial charge in [0.15, 0.2) is 12.4 Å². The molecule has 6 N–H and O–H groups in total. The highest BCUT2D eigenvalue weighted by molar-refractivity contribution is 5.80. The molecule has 0 aromatic rings. The van der Waals surface area contributed by atoms with Gasteiger partial charge in [0, 0.05) is 6.42 Å².